The van der Waals surface area contributed by atoms with E-state index in [4.69, 9.17) is 14.6 Å². The van der Waals surface area contributed by atoms with Gasteiger partial charge >= 0.3 is 5.97 Å². The molecule has 0 aromatic heterocycles. The Hall–Kier alpha value is -2.24. The van der Waals surface area contributed by atoms with Crippen LogP contribution in [0.5, 0.6) is 11.5 Å². The third kappa shape index (κ3) is 5.44. The molecular formula is C18H27NO5. The van der Waals surface area contributed by atoms with Crippen molar-refractivity contribution in [2.45, 2.75) is 47.1 Å². The van der Waals surface area contributed by atoms with Crippen LogP contribution in [0.15, 0.2) is 18.2 Å². The molecule has 6 heteroatoms. The minimum Gasteiger partial charge on any atom is -0.490 e. The van der Waals surface area contributed by atoms with Crippen LogP contribution in [0.3, 0.4) is 0 Å². The van der Waals surface area contributed by atoms with Gasteiger partial charge < -0.3 is 19.9 Å². The molecule has 0 aliphatic carbocycles. The normalized spacial score (nSPS) is 12.4. The summed E-state index contributed by atoms with van der Waals surface area (Å²) in [6.07, 6.45) is -0.0813. The molecule has 1 rings (SSSR count). The number of rotatable bonds is 9. The molecule has 1 aromatic carbocycles. The maximum absolute atomic E-state index is 12.1. The molecule has 0 bridgehead atoms. The first-order valence-corrected chi connectivity index (χ1v) is 8.13. The van der Waals surface area contributed by atoms with Gasteiger partial charge in [0.25, 0.3) is 0 Å². The van der Waals surface area contributed by atoms with E-state index in [0.717, 1.165) is 5.56 Å². The first-order chi connectivity index (χ1) is 11.2. The quantitative estimate of drug-likeness (QED) is 0.723. The van der Waals surface area contributed by atoms with Crippen LogP contribution < -0.4 is 14.8 Å². The number of hydrogen-bond acceptors (Lipinski definition) is 4. The van der Waals surface area contributed by atoms with E-state index in [1.807, 2.05) is 39.0 Å². The summed E-state index contributed by atoms with van der Waals surface area (Å²) in [5.74, 6) is -0.0100. The number of benzene rings is 1. The number of aliphatic carboxylic acids is 1. The second-order valence-corrected chi connectivity index (χ2v) is 6.23. The van der Waals surface area contributed by atoms with Crippen molar-refractivity contribution in [1.82, 2.24) is 5.32 Å². The van der Waals surface area contributed by atoms with Crippen LogP contribution in [0.4, 0.5) is 0 Å². The van der Waals surface area contributed by atoms with Gasteiger partial charge in [0.2, 0.25) is 5.91 Å². The average Bonchev–Trinajstić information content (AvgIpc) is 2.48. The van der Waals surface area contributed by atoms with Gasteiger partial charge in [-0.15, -0.1) is 0 Å². The second-order valence-electron chi connectivity index (χ2n) is 6.23. The van der Waals surface area contributed by atoms with Gasteiger partial charge in [-0.25, -0.2) is 0 Å². The minimum atomic E-state index is -1.10. The van der Waals surface area contributed by atoms with E-state index in [0.29, 0.717) is 24.7 Å². The van der Waals surface area contributed by atoms with Gasteiger partial charge in [0.1, 0.15) is 0 Å². The fourth-order valence-electron chi connectivity index (χ4n) is 2.19. The molecule has 2 N–H and O–H groups in total. The van der Waals surface area contributed by atoms with E-state index in [1.54, 1.807) is 0 Å². The third-order valence-corrected chi connectivity index (χ3v) is 3.63. The summed E-state index contributed by atoms with van der Waals surface area (Å²) in [5, 5.41) is 11.9. The number of ether oxygens (including phenoxy) is 2. The van der Waals surface area contributed by atoms with Crippen LogP contribution in [-0.4, -0.2) is 30.2 Å². The van der Waals surface area contributed by atoms with Crippen LogP contribution >= 0.6 is 0 Å². The number of carboxylic acids is 1. The van der Waals surface area contributed by atoms with Crippen molar-refractivity contribution in [3.05, 3.63) is 23.8 Å². The molecule has 0 radical (unpaired) electrons. The molecule has 6 nitrogen and oxygen atoms in total. The lowest BCUT2D eigenvalue weighted by Gasteiger charge is -2.21. The highest BCUT2D eigenvalue weighted by Gasteiger charge is 2.30. The van der Waals surface area contributed by atoms with Gasteiger partial charge in [-0.3, -0.25) is 9.59 Å². The summed E-state index contributed by atoms with van der Waals surface area (Å²) in [7, 11) is 0. The monoisotopic (exact) mass is 337 g/mol. The molecule has 0 spiro atoms. The molecule has 1 unspecified atom stereocenters. The molecule has 0 aliphatic rings. The summed E-state index contributed by atoms with van der Waals surface area (Å²) in [5.41, 5.74) is -0.234. The van der Waals surface area contributed by atoms with Gasteiger partial charge in [0.05, 0.1) is 24.7 Å². The fourth-order valence-corrected chi connectivity index (χ4v) is 2.19. The standard InChI is InChI=1S/C18H27NO5/c1-6-23-14-9-8-13(10-15(14)24-7-2)12(3)19-16(20)11-18(4,5)17(21)22/h8-10,12H,6-7,11H2,1-5H3,(H,19,20)(H,21,22). The molecule has 24 heavy (non-hydrogen) atoms. The van der Waals surface area contributed by atoms with Crippen LogP contribution in [0.25, 0.3) is 0 Å². The van der Waals surface area contributed by atoms with Gasteiger partial charge in [-0.05, 0) is 52.3 Å². The Balaban J connectivity index is 2.83. The largest absolute Gasteiger partial charge is 0.490 e. The zero-order valence-corrected chi connectivity index (χ0v) is 15.0. The van der Waals surface area contributed by atoms with Crippen molar-refractivity contribution in [3.63, 3.8) is 0 Å². The van der Waals surface area contributed by atoms with Crippen molar-refractivity contribution >= 4 is 11.9 Å². The highest BCUT2D eigenvalue weighted by molar-refractivity contribution is 5.84. The van der Waals surface area contributed by atoms with Crippen molar-refractivity contribution in [1.29, 1.82) is 0 Å². The number of amides is 1. The molecule has 1 atom stereocenters. The second kappa shape index (κ2) is 8.57. The molecule has 0 heterocycles. The zero-order chi connectivity index (χ0) is 18.3. The summed E-state index contributed by atoms with van der Waals surface area (Å²) < 4.78 is 11.1. The molecule has 0 saturated carbocycles. The lowest BCUT2D eigenvalue weighted by Crippen LogP contribution is -2.34. The number of hydrogen-bond donors (Lipinski definition) is 2. The molecule has 1 aromatic rings. The van der Waals surface area contributed by atoms with Crippen LogP contribution in [0.1, 0.15) is 52.6 Å². The average molecular weight is 337 g/mol. The van der Waals surface area contributed by atoms with E-state index >= 15 is 0 Å². The molecule has 0 fully saturated rings. The Morgan fingerprint density at radius 1 is 1.17 bits per heavy atom. The molecule has 0 saturated heterocycles. The van der Waals surface area contributed by atoms with Crippen molar-refractivity contribution in [3.8, 4) is 11.5 Å². The Bertz CT molecular complexity index is 583. The third-order valence-electron chi connectivity index (χ3n) is 3.63. The lowest BCUT2D eigenvalue weighted by atomic mass is 9.89. The maximum Gasteiger partial charge on any atom is 0.309 e. The Morgan fingerprint density at radius 2 is 1.75 bits per heavy atom. The summed E-state index contributed by atoms with van der Waals surface area (Å²) in [6, 6.07) is 5.24. The maximum atomic E-state index is 12.1. The molecule has 0 aliphatic heterocycles. The summed E-state index contributed by atoms with van der Waals surface area (Å²) in [4.78, 5) is 23.2. The summed E-state index contributed by atoms with van der Waals surface area (Å²) in [6.45, 7) is 9.75. The minimum absolute atomic E-state index is 0.0813. The van der Waals surface area contributed by atoms with Crippen molar-refractivity contribution in [2.75, 3.05) is 13.2 Å². The first-order valence-electron chi connectivity index (χ1n) is 8.13. The number of nitrogens with one attached hydrogen (secondary N) is 1. The van der Waals surface area contributed by atoms with Crippen molar-refractivity contribution < 1.29 is 24.2 Å². The molecule has 134 valence electrons. The van der Waals surface area contributed by atoms with Crippen LogP contribution in [0, 0.1) is 5.41 Å². The highest BCUT2D eigenvalue weighted by Crippen LogP contribution is 2.31. The van der Waals surface area contributed by atoms with Gasteiger partial charge in [0.15, 0.2) is 11.5 Å². The van der Waals surface area contributed by atoms with E-state index < -0.39 is 11.4 Å². The number of carbonyl (C=O) groups is 2. The van der Waals surface area contributed by atoms with Crippen LogP contribution in [0.2, 0.25) is 0 Å². The summed E-state index contributed by atoms with van der Waals surface area (Å²) >= 11 is 0. The molecular weight excluding hydrogens is 310 g/mol. The predicted molar refractivity (Wildman–Crippen MR) is 91.4 cm³/mol. The Labute approximate surface area is 143 Å². The highest BCUT2D eigenvalue weighted by atomic mass is 16.5. The SMILES string of the molecule is CCOc1ccc(C(C)NC(=O)CC(C)(C)C(=O)O)cc1OCC. The Kier molecular flexibility index (Phi) is 7.07. The first kappa shape index (κ1) is 19.8. The Morgan fingerprint density at radius 3 is 2.29 bits per heavy atom. The van der Waals surface area contributed by atoms with E-state index in [2.05, 4.69) is 5.32 Å². The lowest BCUT2D eigenvalue weighted by molar-refractivity contribution is -0.149. The molecule has 1 amide bonds. The van der Waals surface area contributed by atoms with Gasteiger partial charge in [-0.1, -0.05) is 6.07 Å². The fraction of sp³-hybridized carbons (Fsp3) is 0.556. The van der Waals surface area contributed by atoms with E-state index in [-0.39, 0.29) is 18.4 Å². The van der Waals surface area contributed by atoms with Crippen LogP contribution in [-0.2, 0) is 9.59 Å². The van der Waals surface area contributed by atoms with E-state index in [9.17, 15) is 9.59 Å². The number of carboxylic acid groups (broad SMARTS) is 1. The van der Waals surface area contributed by atoms with Gasteiger partial charge in [-0.2, -0.15) is 0 Å². The van der Waals surface area contributed by atoms with E-state index in [1.165, 1.54) is 13.8 Å². The topological polar surface area (TPSA) is 84.9 Å². The van der Waals surface area contributed by atoms with Crippen molar-refractivity contribution in [2.24, 2.45) is 5.41 Å². The zero-order valence-electron chi connectivity index (χ0n) is 15.0. The smallest absolute Gasteiger partial charge is 0.309 e. The van der Waals surface area contributed by atoms with Gasteiger partial charge in [0, 0.05) is 6.42 Å². The number of carbonyl (C=O) groups excluding carboxylic acids is 1. The predicted octanol–water partition coefficient (Wildman–Crippen LogP) is 3.16.